The van der Waals surface area contributed by atoms with E-state index in [0.29, 0.717) is 6.61 Å². The van der Waals surface area contributed by atoms with Gasteiger partial charge in [-0.3, -0.25) is 4.98 Å². The fraction of sp³-hybridized carbons (Fsp3) is 0.483. The highest BCUT2D eigenvalue weighted by atomic mass is 28.3. The molecule has 0 unspecified atom stereocenters. The van der Waals surface area contributed by atoms with Crippen molar-refractivity contribution in [2.45, 2.75) is 84.7 Å². The van der Waals surface area contributed by atoms with Gasteiger partial charge in [0.05, 0.1) is 5.52 Å². The zero-order valence-electron chi connectivity index (χ0n) is 21.4. The molecule has 0 fully saturated rings. The second kappa shape index (κ2) is 11.3. The van der Waals surface area contributed by atoms with Gasteiger partial charge in [-0.25, -0.2) is 0 Å². The van der Waals surface area contributed by atoms with E-state index in [4.69, 9.17) is 14.5 Å². The molecule has 178 valence electrons. The van der Waals surface area contributed by atoms with Crippen molar-refractivity contribution in [2.24, 2.45) is 0 Å². The molecule has 4 heteroatoms. The van der Waals surface area contributed by atoms with E-state index >= 15 is 0 Å². The number of unbranched alkanes of at least 4 members (excludes halogenated alkanes) is 2. The molecule has 0 spiro atoms. The number of aliphatic hydroxyl groups excluding tert-OH is 1. The van der Waals surface area contributed by atoms with E-state index in [9.17, 15) is 0 Å². The van der Waals surface area contributed by atoms with Crippen LogP contribution in [0.15, 0.2) is 42.5 Å². The number of pyridine rings is 1. The van der Waals surface area contributed by atoms with Crippen molar-refractivity contribution in [2.75, 3.05) is 6.61 Å². The lowest BCUT2D eigenvalue weighted by atomic mass is 9.80. The smallest absolute Gasteiger partial charge is 0.229 e. The molecule has 1 heterocycles. The van der Waals surface area contributed by atoms with Crippen LogP contribution in [0.25, 0.3) is 10.9 Å². The summed E-state index contributed by atoms with van der Waals surface area (Å²) in [5.74, 6) is 0.996. The number of hydrogen-bond donors (Lipinski definition) is 1. The van der Waals surface area contributed by atoms with Crippen LogP contribution in [-0.2, 0) is 24.7 Å². The van der Waals surface area contributed by atoms with E-state index in [1.807, 2.05) is 0 Å². The van der Waals surface area contributed by atoms with Crippen LogP contribution < -0.4 is 4.43 Å². The molecule has 1 aromatic heterocycles. The predicted molar refractivity (Wildman–Crippen MR) is 143 cm³/mol. The van der Waals surface area contributed by atoms with Gasteiger partial charge in [-0.1, -0.05) is 57.5 Å². The fourth-order valence-electron chi connectivity index (χ4n) is 4.71. The molecule has 0 saturated heterocycles. The molecule has 3 aromatic rings. The minimum atomic E-state index is -1.22. The first kappa shape index (κ1) is 25.4. The standard InChI is InChI=1S/C29H41NO2Si/c1-21-24(19-18-23-16-14-22(15-17-23)11-8-7-9-20-31)30-25-12-10-13-26(32-33(5)6)27(25)28(21)29(2,3)4/h10,12-17,31,33H,7-9,11,18-20H2,1-6H3. The predicted octanol–water partition coefficient (Wildman–Crippen LogP) is 6.69. The Morgan fingerprint density at radius 1 is 0.879 bits per heavy atom. The molecule has 0 amide bonds. The van der Waals surface area contributed by atoms with E-state index in [-0.39, 0.29) is 5.41 Å². The Bertz CT molecular complexity index is 1050. The van der Waals surface area contributed by atoms with Gasteiger partial charge in [0.25, 0.3) is 0 Å². The number of hydrogen-bond acceptors (Lipinski definition) is 3. The molecule has 0 radical (unpaired) electrons. The van der Waals surface area contributed by atoms with Crippen LogP contribution in [0.4, 0.5) is 0 Å². The van der Waals surface area contributed by atoms with E-state index in [0.717, 1.165) is 49.8 Å². The van der Waals surface area contributed by atoms with Crippen molar-refractivity contribution in [3.8, 4) is 5.75 Å². The van der Waals surface area contributed by atoms with Crippen LogP contribution in [0.1, 0.15) is 68.0 Å². The highest BCUT2D eigenvalue weighted by Crippen LogP contribution is 2.38. The van der Waals surface area contributed by atoms with Crippen LogP contribution in [0.3, 0.4) is 0 Å². The van der Waals surface area contributed by atoms with Gasteiger partial charge in [0.2, 0.25) is 9.04 Å². The average Bonchev–Trinajstić information content (AvgIpc) is 2.75. The van der Waals surface area contributed by atoms with Gasteiger partial charge in [-0.2, -0.15) is 0 Å². The van der Waals surface area contributed by atoms with E-state index in [2.05, 4.69) is 83.3 Å². The summed E-state index contributed by atoms with van der Waals surface area (Å²) in [6.07, 6.45) is 6.14. The summed E-state index contributed by atoms with van der Waals surface area (Å²) < 4.78 is 6.33. The first-order valence-corrected chi connectivity index (χ1v) is 15.3. The van der Waals surface area contributed by atoms with Gasteiger partial charge >= 0.3 is 0 Å². The normalized spacial score (nSPS) is 12.0. The quantitative estimate of drug-likeness (QED) is 0.269. The molecule has 2 aromatic carbocycles. The monoisotopic (exact) mass is 463 g/mol. The molecular formula is C29H41NO2Si. The Morgan fingerprint density at radius 3 is 2.15 bits per heavy atom. The summed E-state index contributed by atoms with van der Waals surface area (Å²) in [6, 6.07) is 15.4. The van der Waals surface area contributed by atoms with Crippen molar-refractivity contribution in [1.82, 2.24) is 4.98 Å². The van der Waals surface area contributed by atoms with Crippen LogP contribution in [-0.4, -0.2) is 25.7 Å². The minimum absolute atomic E-state index is 0.00962. The SMILES string of the molecule is Cc1c(CCc2ccc(CCCCCO)cc2)nc2cccc(O[SiH](C)C)c2c1C(C)(C)C. The van der Waals surface area contributed by atoms with Gasteiger partial charge in [0.15, 0.2) is 0 Å². The highest BCUT2D eigenvalue weighted by Gasteiger charge is 2.25. The third-order valence-corrected chi connectivity index (χ3v) is 6.95. The summed E-state index contributed by atoms with van der Waals surface area (Å²) in [5.41, 5.74) is 7.66. The maximum Gasteiger partial charge on any atom is 0.229 e. The first-order chi connectivity index (χ1) is 15.7. The third kappa shape index (κ3) is 6.67. The lowest BCUT2D eigenvalue weighted by Gasteiger charge is -2.27. The van der Waals surface area contributed by atoms with Gasteiger partial charge in [-0.05, 0) is 91.9 Å². The lowest BCUT2D eigenvalue weighted by Crippen LogP contribution is -2.18. The molecule has 0 aliphatic carbocycles. The van der Waals surface area contributed by atoms with Crippen molar-refractivity contribution in [3.05, 3.63) is 70.4 Å². The lowest BCUT2D eigenvalue weighted by molar-refractivity contribution is 0.283. The Labute approximate surface area is 202 Å². The second-order valence-corrected chi connectivity index (χ2v) is 12.8. The summed E-state index contributed by atoms with van der Waals surface area (Å²) in [7, 11) is -1.22. The number of fused-ring (bicyclic) bond motifs is 1. The molecule has 1 N–H and O–H groups in total. The van der Waals surface area contributed by atoms with Crippen LogP contribution in [0.2, 0.25) is 13.1 Å². The zero-order chi connectivity index (χ0) is 24.0. The van der Waals surface area contributed by atoms with E-state index < -0.39 is 9.04 Å². The zero-order valence-corrected chi connectivity index (χ0v) is 22.5. The second-order valence-electron chi connectivity index (χ2n) is 10.5. The number of benzene rings is 2. The molecule has 0 atom stereocenters. The summed E-state index contributed by atoms with van der Waals surface area (Å²) in [4.78, 5) is 5.12. The molecule has 33 heavy (non-hydrogen) atoms. The van der Waals surface area contributed by atoms with Gasteiger partial charge in [0, 0.05) is 17.7 Å². The van der Waals surface area contributed by atoms with Gasteiger partial charge in [-0.15, -0.1) is 0 Å². The summed E-state index contributed by atoms with van der Waals surface area (Å²) in [6.45, 7) is 13.8. The van der Waals surface area contributed by atoms with Crippen molar-refractivity contribution < 1.29 is 9.53 Å². The van der Waals surface area contributed by atoms with Crippen molar-refractivity contribution >= 4 is 19.9 Å². The topological polar surface area (TPSA) is 42.4 Å². The van der Waals surface area contributed by atoms with E-state index in [1.54, 1.807) is 0 Å². The largest absolute Gasteiger partial charge is 0.547 e. The molecule has 0 bridgehead atoms. The molecule has 3 rings (SSSR count). The highest BCUT2D eigenvalue weighted by molar-refractivity contribution is 6.49. The van der Waals surface area contributed by atoms with Crippen LogP contribution >= 0.6 is 0 Å². The Balaban J connectivity index is 1.85. The number of aryl methyl sites for hydroxylation is 3. The maximum absolute atomic E-state index is 8.93. The van der Waals surface area contributed by atoms with E-state index in [1.165, 1.54) is 33.3 Å². The van der Waals surface area contributed by atoms with Crippen LogP contribution in [0, 0.1) is 6.92 Å². The number of nitrogens with zero attached hydrogens (tertiary/aromatic N) is 1. The van der Waals surface area contributed by atoms with Gasteiger partial charge < -0.3 is 9.53 Å². The molecule has 0 saturated carbocycles. The molecule has 0 aliphatic heterocycles. The number of rotatable bonds is 10. The van der Waals surface area contributed by atoms with Gasteiger partial charge in [0.1, 0.15) is 5.75 Å². The molecule has 0 aliphatic rings. The first-order valence-electron chi connectivity index (χ1n) is 12.5. The molecular weight excluding hydrogens is 422 g/mol. The van der Waals surface area contributed by atoms with Crippen LogP contribution in [0.5, 0.6) is 5.75 Å². The average molecular weight is 464 g/mol. The third-order valence-electron chi connectivity index (χ3n) is 6.23. The fourth-order valence-corrected chi connectivity index (χ4v) is 5.42. The minimum Gasteiger partial charge on any atom is -0.547 e. The summed E-state index contributed by atoms with van der Waals surface area (Å²) in [5, 5.41) is 10.1. The number of aromatic nitrogens is 1. The summed E-state index contributed by atoms with van der Waals surface area (Å²) >= 11 is 0. The number of aliphatic hydroxyl groups is 1. The Kier molecular flexibility index (Phi) is 8.72. The Hall–Kier alpha value is -2.17. The Morgan fingerprint density at radius 2 is 1.55 bits per heavy atom. The van der Waals surface area contributed by atoms with Crippen molar-refractivity contribution in [1.29, 1.82) is 0 Å². The molecule has 3 nitrogen and oxygen atoms in total. The van der Waals surface area contributed by atoms with Crippen molar-refractivity contribution in [3.63, 3.8) is 0 Å². The maximum atomic E-state index is 8.93.